The van der Waals surface area contributed by atoms with Gasteiger partial charge in [-0.25, -0.2) is 0 Å². The molecule has 0 unspecified atom stereocenters. The summed E-state index contributed by atoms with van der Waals surface area (Å²) in [6, 6.07) is 0. The molecule has 82 valence electrons. The first kappa shape index (κ1) is 10.1. The Labute approximate surface area is 101 Å². The molecule has 0 nitrogen and oxygen atoms in total. The minimum atomic E-state index is -0.524. The van der Waals surface area contributed by atoms with Crippen LogP contribution in [0.4, 0.5) is 0 Å². The molecule has 0 atom stereocenters. The van der Waals surface area contributed by atoms with Crippen molar-refractivity contribution >= 4 is 0 Å². The SMILES string of the molecule is C1=C[CH]([Mn]([CH]2C=CC=C2)[CH]2C=CC=C2)C=C1. The van der Waals surface area contributed by atoms with Crippen LogP contribution in [0.1, 0.15) is 0 Å². The fourth-order valence-electron chi connectivity index (χ4n) is 2.22. The van der Waals surface area contributed by atoms with Crippen molar-refractivity contribution in [1.82, 2.24) is 0 Å². The molecule has 0 bridgehead atoms. The van der Waals surface area contributed by atoms with E-state index in [1.54, 1.807) is 0 Å². The Morgan fingerprint density at radius 2 is 0.688 bits per heavy atom. The first-order chi connectivity index (χ1) is 7.95. The molecule has 0 fully saturated rings. The van der Waals surface area contributed by atoms with Crippen molar-refractivity contribution in [3.05, 3.63) is 72.9 Å². The zero-order chi connectivity index (χ0) is 10.8. The van der Waals surface area contributed by atoms with Crippen LogP contribution >= 0.6 is 0 Å². The van der Waals surface area contributed by atoms with Crippen molar-refractivity contribution in [3.8, 4) is 0 Å². The van der Waals surface area contributed by atoms with E-state index in [2.05, 4.69) is 72.9 Å². The molecule has 0 aromatic carbocycles. The Hall–Kier alpha value is -1.04. The quantitative estimate of drug-likeness (QED) is 0.653. The first-order valence-electron chi connectivity index (χ1n) is 5.65. The van der Waals surface area contributed by atoms with Crippen molar-refractivity contribution in [2.75, 3.05) is 0 Å². The van der Waals surface area contributed by atoms with Crippen LogP contribution in [0.3, 0.4) is 0 Å². The Bertz CT molecular complexity index is 332. The predicted octanol–water partition coefficient (Wildman–Crippen LogP) is 4.35. The van der Waals surface area contributed by atoms with Crippen molar-refractivity contribution < 1.29 is 13.9 Å². The van der Waals surface area contributed by atoms with Crippen LogP contribution < -0.4 is 0 Å². The third-order valence-corrected chi connectivity index (χ3v) is 7.07. The second-order valence-electron chi connectivity index (χ2n) is 4.02. The number of hydrogen-bond donors (Lipinski definition) is 0. The molecule has 0 amide bonds. The summed E-state index contributed by atoms with van der Waals surface area (Å²) in [4.78, 5) is 2.05. The fraction of sp³-hybridized carbons (Fsp3) is 0.200. The molecule has 3 aliphatic carbocycles. The van der Waals surface area contributed by atoms with E-state index >= 15 is 0 Å². The molecule has 0 saturated heterocycles. The van der Waals surface area contributed by atoms with Gasteiger partial charge in [-0.3, -0.25) is 0 Å². The van der Waals surface area contributed by atoms with Gasteiger partial charge in [0.25, 0.3) is 0 Å². The van der Waals surface area contributed by atoms with Gasteiger partial charge in [-0.1, -0.05) is 0 Å². The molecular weight excluding hydrogens is 235 g/mol. The van der Waals surface area contributed by atoms with E-state index < -0.39 is 13.9 Å². The summed E-state index contributed by atoms with van der Waals surface area (Å²) >= 11 is -0.524. The zero-order valence-electron chi connectivity index (χ0n) is 9.04. The van der Waals surface area contributed by atoms with E-state index in [0.29, 0.717) is 14.4 Å². The number of allylic oxidation sites excluding steroid dienone is 12. The van der Waals surface area contributed by atoms with E-state index in [4.69, 9.17) is 0 Å². The molecule has 0 heterocycles. The van der Waals surface area contributed by atoms with Gasteiger partial charge in [-0.05, 0) is 0 Å². The summed E-state index contributed by atoms with van der Waals surface area (Å²) in [7, 11) is 0. The first-order valence-corrected chi connectivity index (χ1v) is 7.70. The second-order valence-corrected chi connectivity index (χ2v) is 7.56. The van der Waals surface area contributed by atoms with E-state index in [1.807, 2.05) is 0 Å². The predicted molar refractivity (Wildman–Crippen MR) is 66.1 cm³/mol. The van der Waals surface area contributed by atoms with Gasteiger partial charge < -0.3 is 0 Å². The zero-order valence-corrected chi connectivity index (χ0v) is 10.2. The molecule has 0 aromatic heterocycles. The molecule has 1 heteroatoms. The second kappa shape index (κ2) is 4.45. The topological polar surface area (TPSA) is 0 Å². The van der Waals surface area contributed by atoms with E-state index in [0.717, 1.165) is 0 Å². The van der Waals surface area contributed by atoms with Crippen molar-refractivity contribution in [2.45, 2.75) is 14.4 Å². The van der Waals surface area contributed by atoms with Crippen LogP contribution in [0.15, 0.2) is 72.9 Å². The van der Waals surface area contributed by atoms with Crippen LogP contribution in [0.25, 0.3) is 0 Å². The van der Waals surface area contributed by atoms with Crippen LogP contribution in [0, 0.1) is 0 Å². The molecular formula is C15H15Mn. The van der Waals surface area contributed by atoms with Crippen LogP contribution in [-0.2, 0) is 13.9 Å². The maximum atomic E-state index is 2.37. The molecule has 16 heavy (non-hydrogen) atoms. The van der Waals surface area contributed by atoms with Gasteiger partial charge in [0.05, 0.1) is 0 Å². The summed E-state index contributed by atoms with van der Waals surface area (Å²) in [5.41, 5.74) is 0. The van der Waals surface area contributed by atoms with Crippen LogP contribution in [-0.4, -0.2) is 0 Å². The van der Waals surface area contributed by atoms with Gasteiger partial charge >= 0.3 is 101 Å². The Balaban J connectivity index is 1.87. The third kappa shape index (κ3) is 1.81. The van der Waals surface area contributed by atoms with Gasteiger partial charge in [0.2, 0.25) is 0 Å². The molecule has 0 saturated carbocycles. The molecule has 0 radical (unpaired) electrons. The maximum absolute atomic E-state index is 2.37. The number of hydrogen-bond acceptors (Lipinski definition) is 0. The Morgan fingerprint density at radius 1 is 0.438 bits per heavy atom. The summed E-state index contributed by atoms with van der Waals surface area (Å²) in [6.45, 7) is 0. The monoisotopic (exact) mass is 250 g/mol. The molecule has 0 N–H and O–H groups in total. The van der Waals surface area contributed by atoms with Crippen LogP contribution in [0.5, 0.6) is 0 Å². The molecule has 0 spiro atoms. The van der Waals surface area contributed by atoms with Crippen LogP contribution in [0.2, 0.25) is 14.4 Å². The van der Waals surface area contributed by atoms with E-state index in [9.17, 15) is 0 Å². The summed E-state index contributed by atoms with van der Waals surface area (Å²) in [6.07, 6.45) is 27.4. The Morgan fingerprint density at radius 3 is 0.938 bits per heavy atom. The van der Waals surface area contributed by atoms with E-state index in [-0.39, 0.29) is 0 Å². The van der Waals surface area contributed by atoms with Gasteiger partial charge in [-0.15, -0.1) is 0 Å². The molecule has 0 aromatic rings. The molecule has 3 rings (SSSR count). The van der Waals surface area contributed by atoms with Gasteiger partial charge in [0, 0.05) is 0 Å². The van der Waals surface area contributed by atoms with E-state index in [1.165, 1.54) is 0 Å². The van der Waals surface area contributed by atoms with Gasteiger partial charge in [-0.2, -0.15) is 0 Å². The average Bonchev–Trinajstić information content (AvgIpc) is 3.02. The minimum absolute atomic E-state index is 0.524. The van der Waals surface area contributed by atoms with Gasteiger partial charge in [0.15, 0.2) is 0 Å². The van der Waals surface area contributed by atoms with Gasteiger partial charge in [0.1, 0.15) is 0 Å². The summed E-state index contributed by atoms with van der Waals surface area (Å²) in [5, 5.41) is 0. The normalized spacial score (nSPS) is 24.4. The summed E-state index contributed by atoms with van der Waals surface area (Å²) in [5.74, 6) is 0. The summed E-state index contributed by atoms with van der Waals surface area (Å²) < 4.78 is 0. The average molecular weight is 250 g/mol. The Kier molecular flexibility index (Phi) is 2.82. The third-order valence-electron chi connectivity index (χ3n) is 2.98. The standard InChI is InChI=1S/3C5H5.Mn/c3*1-2-4-5-3-1;/h3*1-5H;. The molecule has 0 aliphatic heterocycles. The molecule has 3 aliphatic rings. The van der Waals surface area contributed by atoms with Crippen molar-refractivity contribution in [1.29, 1.82) is 0 Å². The van der Waals surface area contributed by atoms with Crippen molar-refractivity contribution in [3.63, 3.8) is 0 Å². The fourth-order valence-corrected chi connectivity index (χ4v) is 6.16. The van der Waals surface area contributed by atoms with Crippen molar-refractivity contribution in [2.24, 2.45) is 0 Å². The number of rotatable bonds is 3.